The molecular weight excluding hydrogens is 318 g/mol. The highest BCUT2D eigenvalue weighted by Gasteiger charge is 2.05. The Bertz CT molecular complexity index is 542. The predicted octanol–water partition coefficient (Wildman–Crippen LogP) is 3.61. The van der Waals surface area contributed by atoms with E-state index < -0.39 is 6.10 Å². The Labute approximate surface area is 127 Å². The van der Waals surface area contributed by atoms with Crippen LogP contribution in [0.2, 0.25) is 0 Å². The van der Waals surface area contributed by atoms with Gasteiger partial charge in [-0.15, -0.1) is 0 Å². The lowest BCUT2D eigenvalue weighted by Gasteiger charge is -2.14. The van der Waals surface area contributed by atoms with Gasteiger partial charge in [0.05, 0.1) is 0 Å². The first-order valence-corrected chi connectivity index (χ1v) is 7.30. The number of halogens is 1. The number of hydrogen-bond donors (Lipinski definition) is 2. The first-order chi connectivity index (χ1) is 9.63. The van der Waals surface area contributed by atoms with Crippen molar-refractivity contribution in [3.05, 3.63) is 58.6 Å². The van der Waals surface area contributed by atoms with Gasteiger partial charge in [-0.05, 0) is 37.3 Å². The summed E-state index contributed by atoms with van der Waals surface area (Å²) in [5.74, 6) is 0.775. The molecule has 1 atom stereocenters. The second kappa shape index (κ2) is 7.31. The lowest BCUT2D eigenvalue weighted by atomic mass is 10.2. The highest BCUT2D eigenvalue weighted by Crippen LogP contribution is 2.15. The number of aliphatic hydroxyl groups is 1. The molecule has 0 fully saturated rings. The van der Waals surface area contributed by atoms with E-state index in [0.29, 0.717) is 6.54 Å². The molecule has 2 rings (SSSR count). The average molecular weight is 336 g/mol. The summed E-state index contributed by atoms with van der Waals surface area (Å²) in [5, 5.41) is 13.1. The minimum Gasteiger partial charge on any atom is -0.491 e. The number of aliphatic hydroxyl groups excluding tert-OH is 1. The van der Waals surface area contributed by atoms with E-state index >= 15 is 0 Å². The van der Waals surface area contributed by atoms with Gasteiger partial charge in [0.15, 0.2) is 0 Å². The third kappa shape index (κ3) is 4.87. The van der Waals surface area contributed by atoms with E-state index in [1.165, 1.54) is 5.56 Å². The summed E-state index contributed by atoms with van der Waals surface area (Å²) in [7, 11) is 0. The van der Waals surface area contributed by atoms with Crippen molar-refractivity contribution in [3.8, 4) is 5.75 Å². The molecular formula is C16H18BrNO2. The Balaban J connectivity index is 1.75. The molecule has 3 nitrogen and oxygen atoms in total. The Morgan fingerprint density at radius 1 is 1.20 bits per heavy atom. The van der Waals surface area contributed by atoms with Crippen molar-refractivity contribution in [2.24, 2.45) is 0 Å². The minimum absolute atomic E-state index is 0.268. The fourth-order valence-electron chi connectivity index (χ4n) is 1.72. The van der Waals surface area contributed by atoms with Gasteiger partial charge in [0.2, 0.25) is 0 Å². The minimum atomic E-state index is -0.560. The summed E-state index contributed by atoms with van der Waals surface area (Å²) in [4.78, 5) is 0. The number of nitrogens with one attached hydrogen (secondary N) is 1. The third-order valence-corrected chi connectivity index (χ3v) is 3.32. The molecule has 1 unspecified atom stereocenters. The highest BCUT2D eigenvalue weighted by atomic mass is 79.9. The second-order valence-electron chi connectivity index (χ2n) is 4.67. The second-order valence-corrected chi connectivity index (χ2v) is 5.58. The van der Waals surface area contributed by atoms with Crippen molar-refractivity contribution in [2.75, 3.05) is 18.5 Å². The normalized spacial score (nSPS) is 11.9. The van der Waals surface area contributed by atoms with Crippen molar-refractivity contribution < 1.29 is 9.84 Å². The van der Waals surface area contributed by atoms with Crippen LogP contribution in [0.4, 0.5) is 5.69 Å². The Kier molecular flexibility index (Phi) is 5.44. The Morgan fingerprint density at radius 3 is 2.65 bits per heavy atom. The maximum absolute atomic E-state index is 9.90. The van der Waals surface area contributed by atoms with Crippen LogP contribution in [0.25, 0.3) is 0 Å². The van der Waals surface area contributed by atoms with Crippen LogP contribution in [-0.2, 0) is 0 Å². The molecule has 20 heavy (non-hydrogen) atoms. The molecule has 0 saturated carbocycles. The number of hydrogen-bond acceptors (Lipinski definition) is 3. The molecule has 0 spiro atoms. The zero-order chi connectivity index (χ0) is 14.4. The Morgan fingerprint density at radius 2 is 1.95 bits per heavy atom. The lowest BCUT2D eigenvalue weighted by molar-refractivity contribution is 0.117. The van der Waals surface area contributed by atoms with Crippen LogP contribution in [-0.4, -0.2) is 24.4 Å². The maximum atomic E-state index is 9.90. The summed E-state index contributed by atoms with van der Waals surface area (Å²) in [5.41, 5.74) is 2.16. The van der Waals surface area contributed by atoms with Crippen molar-refractivity contribution in [3.63, 3.8) is 0 Å². The molecule has 4 heteroatoms. The lowest BCUT2D eigenvalue weighted by Crippen LogP contribution is -2.26. The molecule has 0 bridgehead atoms. The van der Waals surface area contributed by atoms with Gasteiger partial charge in [-0.3, -0.25) is 0 Å². The summed E-state index contributed by atoms with van der Waals surface area (Å²) >= 11 is 3.41. The zero-order valence-corrected chi connectivity index (χ0v) is 12.9. The van der Waals surface area contributed by atoms with E-state index in [0.717, 1.165) is 15.9 Å². The van der Waals surface area contributed by atoms with Gasteiger partial charge in [0.25, 0.3) is 0 Å². The quantitative estimate of drug-likeness (QED) is 0.847. The fourth-order valence-corrected chi connectivity index (χ4v) is 2.12. The fraction of sp³-hybridized carbons (Fsp3) is 0.250. The predicted molar refractivity (Wildman–Crippen MR) is 85.3 cm³/mol. The standard InChI is InChI=1S/C16H18BrNO2/c1-12-5-7-16(8-6-12)20-11-15(19)10-18-14-4-2-3-13(17)9-14/h2-9,15,18-19H,10-11H2,1H3. The number of rotatable bonds is 6. The summed E-state index contributed by atoms with van der Waals surface area (Å²) in [6.07, 6.45) is -0.560. The molecule has 0 aliphatic heterocycles. The maximum Gasteiger partial charge on any atom is 0.119 e. The van der Waals surface area contributed by atoms with Gasteiger partial charge in [-0.25, -0.2) is 0 Å². The van der Waals surface area contributed by atoms with E-state index in [4.69, 9.17) is 4.74 Å². The van der Waals surface area contributed by atoms with Crippen molar-refractivity contribution in [2.45, 2.75) is 13.0 Å². The van der Waals surface area contributed by atoms with Gasteiger partial charge in [0.1, 0.15) is 18.5 Å². The SMILES string of the molecule is Cc1ccc(OCC(O)CNc2cccc(Br)c2)cc1. The van der Waals surface area contributed by atoms with Gasteiger partial charge >= 0.3 is 0 Å². The molecule has 2 aromatic rings. The number of benzene rings is 2. The smallest absolute Gasteiger partial charge is 0.119 e. The molecule has 0 aliphatic rings. The molecule has 0 aliphatic carbocycles. The van der Waals surface area contributed by atoms with Crippen LogP contribution in [0.3, 0.4) is 0 Å². The van der Waals surface area contributed by atoms with E-state index in [-0.39, 0.29) is 6.61 Å². The molecule has 0 amide bonds. The van der Waals surface area contributed by atoms with E-state index in [1.54, 1.807) is 0 Å². The van der Waals surface area contributed by atoms with Gasteiger partial charge in [-0.2, -0.15) is 0 Å². The van der Waals surface area contributed by atoms with Gasteiger partial charge in [0, 0.05) is 16.7 Å². The summed E-state index contributed by atoms with van der Waals surface area (Å²) in [6, 6.07) is 15.6. The topological polar surface area (TPSA) is 41.5 Å². The zero-order valence-electron chi connectivity index (χ0n) is 11.3. The first kappa shape index (κ1) is 14.9. The Hall–Kier alpha value is -1.52. The molecule has 106 valence electrons. The number of ether oxygens (including phenoxy) is 1. The third-order valence-electron chi connectivity index (χ3n) is 2.83. The van der Waals surface area contributed by atoms with Crippen LogP contribution < -0.4 is 10.1 Å². The van der Waals surface area contributed by atoms with Crippen LogP contribution in [0.1, 0.15) is 5.56 Å². The van der Waals surface area contributed by atoms with E-state index in [2.05, 4.69) is 21.2 Å². The summed E-state index contributed by atoms with van der Waals surface area (Å²) in [6.45, 7) is 2.74. The van der Waals surface area contributed by atoms with E-state index in [1.807, 2.05) is 55.5 Å². The van der Waals surface area contributed by atoms with Gasteiger partial charge < -0.3 is 15.2 Å². The number of aryl methyl sites for hydroxylation is 1. The molecule has 0 aromatic heterocycles. The van der Waals surface area contributed by atoms with Crippen LogP contribution in [0.15, 0.2) is 53.0 Å². The molecule has 0 radical (unpaired) electrons. The van der Waals surface area contributed by atoms with E-state index in [9.17, 15) is 5.11 Å². The van der Waals surface area contributed by atoms with Crippen LogP contribution in [0, 0.1) is 6.92 Å². The largest absolute Gasteiger partial charge is 0.491 e. The molecule has 0 saturated heterocycles. The average Bonchev–Trinajstić information content (AvgIpc) is 2.45. The van der Waals surface area contributed by atoms with Crippen molar-refractivity contribution >= 4 is 21.6 Å². The van der Waals surface area contributed by atoms with Crippen molar-refractivity contribution in [1.29, 1.82) is 0 Å². The van der Waals surface area contributed by atoms with Crippen LogP contribution in [0.5, 0.6) is 5.75 Å². The first-order valence-electron chi connectivity index (χ1n) is 6.50. The monoisotopic (exact) mass is 335 g/mol. The van der Waals surface area contributed by atoms with Crippen molar-refractivity contribution in [1.82, 2.24) is 0 Å². The van der Waals surface area contributed by atoms with Gasteiger partial charge in [-0.1, -0.05) is 39.7 Å². The number of anilines is 1. The molecule has 2 N–H and O–H groups in total. The molecule has 0 heterocycles. The highest BCUT2D eigenvalue weighted by molar-refractivity contribution is 9.10. The molecule has 2 aromatic carbocycles. The summed E-state index contributed by atoms with van der Waals surface area (Å²) < 4.78 is 6.54. The van der Waals surface area contributed by atoms with Crippen LogP contribution >= 0.6 is 15.9 Å².